The molecule has 2 amide bonds. The zero-order valence-corrected chi connectivity index (χ0v) is 18.9. The first-order valence-corrected chi connectivity index (χ1v) is 11.4. The number of anilines is 2. The van der Waals surface area contributed by atoms with E-state index in [9.17, 15) is 19.7 Å². The van der Waals surface area contributed by atoms with Crippen LogP contribution >= 0.6 is 23.1 Å². The number of benzene rings is 2. The first-order valence-electron chi connectivity index (χ1n) is 9.38. The van der Waals surface area contributed by atoms with Gasteiger partial charge in [-0.3, -0.25) is 19.7 Å². The molecular weight excluding hydrogens is 452 g/mol. The molecule has 0 unspecified atom stereocenters. The maximum absolute atomic E-state index is 12.2. The summed E-state index contributed by atoms with van der Waals surface area (Å²) in [7, 11) is 1.38. The van der Waals surface area contributed by atoms with Crippen LogP contribution in [-0.2, 0) is 15.3 Å². The number of hydrogen-bond acceptors (Lipinski definition) is 8. The number of carbonyl (C=O) groups is 2. The molecule has 0 radical (unpaired) electrons. The molecule has 0 aliphatic rings. The van der Waals surface area contributed by atoms with Crippen LogP contribution in [0.1, 0.15) is 12.5 Å². The number of carbonyl (C=O) groups excluding carboxylic acids is 2. The number of amides is 2. The van der Waals surface area contributed by atoms with Gasteiger partial charge in [0.1, 0.15) is 0 Å². The van der Waals surface area contributed by atoms with Gasteiger partial charge in [0.25, 0.3) is 0 Å². The van der Waals surface area contributed by atoms with Crippen molar-refractivity contribution in [3.8, 4) is 17.0 Å². The van der Waals surface area contributed by atoms with Gasteiger partial charge in [0, 0.05) is 35.4 Å². The number of nitrogens with zero attached hydrogens (tertiary/aromatic N) is 2. The van der Waals surface area contributed by atoms with E-state index in [0.717, 1.165) is 16.8 Å². The number of nitrogens with one attached hydrogen (secondary N) is 2. The topological polar surface area (TPSA) is 123 Å². The molecular formula is C21H20N4O5S2. The van der Waals surface area contributed by atoms with Crippen LogP contribution in [0.2, 0.25) is 0 Å². The van der Waals surface area contributed by atoms with Crippen molar-refractivity contribution in [3.05, 3.63) is 63.5 Å². The molecule has 9 nitrogen and oxygen atoms in total. The van der Waals surface area contributed by atoms with Crippen LogP contribution < -0.4 is 15.4 Å². The minimum absolute atomic E-state index is 0.101. The zero-order chi connectivity index (χ0) is 23.1. The van der Waals surface area contributed by atoms with E-state index in [1.54, 1.807) is 24.3 Å². The zero-order valence-electron chi connectivity index (χ0n) is 17.3. The smallest absolute Gasteiger partial charge is 0.311 e. The van der Waals surface area contributed by atoms with Crippen LogP contribution in [0.25, 0.3) is 11.3 Å². The van der Waals surface area contributed by atoms with Gasteiger partial charge in [0.2, 0.25) is 11.8 Å². The fourth-order valence-corrected chi connectivity index (χ4v) is 4.29. The summed E-state index contributed by atoms with van der Waals surface area (Å²) in [6.07, 6.45) is 0. The lowest BCUT2D eigenvalue weighted by Gasteiger charge is -2.05. The minimum atomic E-state index is -0.493. The van der Waals surface area contributed by atoms with E-state index < -0.39 is 4.92 Å². The highest BCUT2D eigenvalue weighted by Gasteiger charge is 2.15. The van der Waals surface area contributed by atoms with E-state index in [2.05, 4.69) is 15.6 Å². The maximum Gasteiger partial charge on any atom is 0.311 e. The lowest BCUT2D eigenvalue weighted by Crippen LogP contribution is -2.14. The first kappa shape index (κ1) is 23.2. The molecule has 0 aliphatic heterocycles. The Kier molecular flexibility index (Phi) is 7.79. The fraction of sp³-hybridized carbons (Fsp3) is 0.190. The third kappa shape index (κ3) is 6.28. The fourth-order valence-electron chi connectivity index (χ4n) is 2.78. The Bertz CT molecular complexity index is 1130. The number of nitro benzene ring substituents is 1. The summed E-state index contributed by atoms with van der Waals surface area (Å²) >= 11 is 2.66. The number of methoxy groups -OCH3 is 1. The number of nitro groups is 1. The monoisotopic (exact) mass is 472 g/mol. The Balaban J connectivity index is 1.52. The van der Waals surface area contributed by atoms with Crippen LogP contribution in [0.3, 0.4) is 0 Å². The molecule has 3 aromatic rings. The highest BCUT2D eigenvalue weighted by atomic mass is 32.2. The Morgan fingerprint density at radius 3 is 2.59 bits per heavy atom. The summed E-state index contributed by atoms with van der Waals surface area (Å²) < 4.78 is 4.99. The van der Waals surface area contributed by atoms with Crippen molar-refractivity contribution < 1.29 is 19.2 Å². The van der Waals surface area contributed by atoms with Gasteiger partial charge in [-0.05, 0) is 23.8 Å². The molecule has 0 saturated heterocycles. The SMILES string of the molecule is COc1ccc(CSCC(=O)Nc2nc(-c3ccc(NC(C)=O)cc3)cs2)cc1[N+](=O)[O-]. The third-order valence-electron chi connectivity index (χ3n) is 4.19. The molecule has 2 aromatic carbocycles. The van der Waals surface area contributed by atoms with E-state index >= 15 is 0 Å². The average Bonchev–Trinajstić information content (AvgIpc) is 3.22. The van der Waals surface area contributed by atoms with Gasteiger partial charge in [-0.15, -0.1) is 23.1 Å². The number of aromatic nitrogens is 1. The Labute approximate surface area is 192 Å². The van der Waals surface area contributed by atoms with E-state index in [-0.39, 0.29) is 29.0 Å². The van der Waals surface area contributed by atoms with Gasteiger partial charge in [0.05, 0.1) is 23.5 Å². The highest BCUT2D eigenvalue weighted by molar-refractivity contribution is 7.99. The van der Waals surface area contributed by atoms with Crippen LogP contribution in [-0.4, -0.2) is 34.6 Å². The lowest BCUT2D eigenvalue weighted by atomic mass is 10.1. The van der Waals surface area contributed by atoms with Crippen molar-refractivity contribution in [1.82, 2.24) is 4.98 Å². The summed E-state index contributed by atoms with van der Waals surface area (Å²) in [4.78, 5) is 38.4. The summed E-state index contributed by atoms with van der Waals surface area (Å²) in [5.41, 5.74) is 2.92. The summed E-state index contributed by atoms with van der Waals surface area (Å²) in [5, 5.41) is 18.9. The molecule has 2 N–H and O–H groups in total. The summed E-state index contributed by atoms with van der Waals surface area (Å²) in [6, 6.07) is 12.0. The van der Waals surface area contributed by atoms with Crippen molar-refractivity contribution in [3.63, 3.8) is 0 Å². The van der Waals surface area contributed by atoms with Gasteiger partial charge >= 0.3 is 5.69 Å². The normalized spacial score (nSPS) is 10.4. The van der Waals surface area contributed by atoms with E-state index in [0.29, 0.717) is 16.6 Å². The number of hydrogen-bond donors (Lipinski definition) is 2. The number of thiazole rings is 1. The molecule has 0 saturated carbocycles. The van der Waals surface area contributed by atoms with Crippen molar-refractivity contribution in [2.45, 2.75) is 12.7 Å². The lowest BCUT2D eigenvalue weighted by molar-refractivity contribution is -0.385. The van der Waals surface area contributed by atoms with Crippen LogP contribution in [0.15, 0.2) is 47.8 Å². The molecule has 1 aromatic heterocycles. The Morgan fingerprint density at radius 2 is 1.94 bits per heavy atom. The molecule has 3 rings (SSSR count). The minimum Gasteiger partial charge on any atom is -0.490 e. The Morgan fingerprint density at radius 1 is 1.19 bits per heavy atom. The molecule has 0 spiro atoms. The molecule has 0 bridgehead atoms. The predicted molar refractivity (Wildman–Crippen MR) is 126 cm³/mol. The van der Waals surface area contributed by atoms with Gasteiger partial charge in [-0.2, -0.15) is 0 Å². The Hall–Kier alpha value is -3.44. The van der Waals surface area contributed by atoms with Crippen LogP contribution in [0.4, 0.5) is 16.5 Å². The van der Waals surface area contributed by atoms with Crippen molar-refractivity contribution in [2.24, 2.45) is 0 Å². The molecule has 1 heterocycles. The van der Waals surface area contributed by atoms with Crippen molar-refractivity contribution in [2.75, 3.05) is 23.5 Å². The second-order valence-corrected chi connectivity index (χ2v) is 8.44. The van der Waals surface area contributed by atoms with E-state index in [1.807, 2.05) is 17.5 Å². The van der Waals surface area contributed by atoms with Crippen LogP contribution in [0, 0.1) is 10.1 Å². The maximum atomic E-state index is 12.2. The number of ether oxygens (including phenoxy) is 1. The molecule has 32 heavy (non-hydrogen) atoms. The summed E-state index contributed by atoms with van der Waals surface area (Å²) in [6.45, 7) is 1.45. The predicted octanol–water partition coefficient (Wildman–Crippen LogP) is 4.56. The van der Waals surface area contributed by atoms with Gasteiger partial charge < -0.3 is 15.4 Å². The van der Waals surface area contributed by atoms with E-state index in [1.165, 1.54) is 43.2 Å². The molecule has 0 fully saturated rings. The largest absolute Gasteiger partial charge is 0.490 e. The van der Waals surface area contributed by atoms with Gasteiger partial charge in [0.15, 0.2) is 10.9 Å². The average molecular weight is 473 g/mol. The molecule has 11 heteroatoms. The quantitative estimate of drug-likeness (QED) is 0.346. The number of rotatable bonds is 9. The highest BCUT2D eigenvalue weighted by Crippen LogP contribution is 2.29. The first-order chi connectivity index (χ1) is 15.4. The van der Waals surface area contributed by atoms with Gasteiger partial charge in [-0.25, -0.2) is 4.98 Å². The second-order valence-electron chi connectivity index (χ2n) is 6.60. The third-order valence-corrected chi connectivity index (χ3v) is 5.95. The number of thioether (sulfide) groups is 1. The molecule has 0 atom stereocenters. The molecule has 166 valence electrons. The second kappa shape index (κ2) is 10.7. The van der Waals surface area contributed by atoms with Crippen molar-refractivity contribution in [1.29, 1.82) is 0 Å². The van der Waals surface area contributed by atoms with Crippen LogP contribution in [0.5, 0.6) is 5.75 Å². The molecule has 0 aliphatic carbocycles. The van der Waals surface area contributed by atoms with Gasteiger partial charge in [-0.1, -0.05) is 18.2 Å². The van der Waals surface area contributed by atoms with E-state index in [4.69, 9.17) is 4.74 Å². The van der Waals surface area contributed by atoms with Crippen molar-refractivity contribution >= 4 is 51.4 Å². The summed E-state index contributed by atoms with van der Waals surface area (Å²) in [5.74, 6) is 0.479. The standard InChI is InChI=1S/C21H20N4O5S2/c1-13(26)22-16-6-4-15(5-7-16)17-11-32-21(23-17)24-20(27)12-31-10-14-3-8-19(30-2)18(9-14)25(28)29/h3-9,11H,10,12H2,1-2H3,(H,22,26)(H,23,24,27).